The number of amides is 3. The highest BCUT2D eigenvalue weighted by Gasteiger charge is 2.40. The number of nitrogens with one attached hydrogen (secondary N) is 1. The predicted molar refractivity (Wildman–Crippen MR) is 103 cm³/mol. The third-order valence-electron chi connectivity index (χ3n) is 5.81. The Bertz CT molecular complexity index is 676. The first kappa shape index (κ1) is 18.7. The maximum absolute atomic E-state index is 13.4. The summed E-state index contributed by atoms with van der Waals surface area (Å²) in [6.07, 6.45) is 1.82. The van der Waals surface area contributed by atoms with Gasteiger partial charge in [-0.2, -0.15) is 0 Å². The van der Waals surface area contributed by atoms with Gasteiger partial charge in [0.25, 0.3) is 0 Å². The molecule has 1 saturated heterocycles. The van der Waals surface area contributed by atoms with Crippen LogP contribution in [-0.2, 0) is 11.3 Å². The smallest absolute Gasteiger partial charge is 0.321 e. The Balaban J connectivity index is 1.90. The second-order valence-electron chi connectivity index (χ2n) is 7.74. The first-order valence-electron chi connectivity index (χ1n) is 9.53. The maximum atomic E-state index is 13.4. The van der Waals surface area contributed by atoms with Crippen molar-refractivity contribution < 1.29 is 9.59 Å². The van der Waals surface area contributed by atoms with Gasteiger partial charge in [-0.1, -0.05) is 38.5 Å². The van der Waals surface area contributed by atoms with Gasteiger partial charge in [0.15, 0.2) is 0 Å². The lowest BCUT2D eigenvalue weighted by Crippen LogP contribution is -2.53. The molecule has 3 amide bonds. The van der Waals surface area contributed by atoms with E-state index in [9.17, 15) is 9.59 Å². The molecular weight excluding hydrogens is 328 g/mol. The molecule has 1 aromatic carbocycles. The number of urea groups is 1. The average Bonchev–Trinajstić information content (AvgIpc) is 3.06. The number of nitrogens with zero attached hydrogens (tertiary/aromatic N) is 3. The van der Waals surface area contributed by atoms with Gasteiger partial charge >= 0.3 is 6.03 Å². The van der Waals surface area contributed by atoms with Gasteiger partial charge in [-0.25, -0.2) is 4.79 Å². The predicted octanol–water partition coefficient (Wildman–Crippen LogP) is 2.61. The molecule has 2 aliphatic heterocycles. The van der Waals surface area contributed by atoms with Crippen LogP contribution in [0.2, 0.25) is 0 Å². The number of likely N-dealkylation sites (tertiary alicyclic amines) is 1. The van der Waals surface area contributed by atoms with Crippen molar-refractivity contribution in [1.29, 1.82) is 0 Å². The zero-order valence-corrected chi connectivity index (χ0v) is 16.2. The molecule has 2 heterocycles. The molecule has 1 aromatic rings. The molecular formula is C20H30N4O2. The summed E-state index contributed by atoms with van der Waals surface area (Å²) in [6, 6.07) is 7.68. The molecule has 0 aliphatic carbocycles. The van der Waals surface area contributed by atoms with Crippen LogP contribution in [0, 0.1) is 5.92 Å². The molecule has 0 radical (unpaired) electrons. The maximum Gasteiger partial charge on any atom is 0.321 e. The Morgan fingerprint density at radius 3 is 2.73 bits per heavy atom. The highest BCUT2D eigenvalue weighted by Crippen LogP contribution is 2.29. The number of hydrogen-bond donors (Lipinski definition) is 1. The van der Waals surface area contributed by atoms with Crippen molar-refractivity contribution in [2.24, 2.45) is 5.92 Å². The highest BCUT2D eigenvalue weighted by atomic mass is 16.2. The SMILES string of the molecule is CCC(C)C1C(=O)Nc2ccccc2CN1C(=O)N1CCC(N(C)C)C1. The quantitative estimate of drug-likeness (QED) is 0.904. The summed E-state index contributed by atoms with van der Waals surface area (Å²) in [7, 11) is 4.10. The second kappa shape index (κ2) is 7.66. The lowest BCUT2D eigenvalue weighted by Gasteiger charge is -2.35. The van der Waals surface area contributed by atoms with E-state index in [0.29, 0.717) is 12.6 Å². The van der Waals surface area contributed by atoms with Crippen LogP contribution in [0.15, 0.2) is 24.3 Å². The minimum atomic E-state index is -0.446. The van der Waals surface area contributed by atoms with Crippen LogP contribution in [0.5, 0.6) is 0 Å². The van der Waals surface area contributed by atoms with Crippen molar-refractivity contribution in [3.8, 4) is 0 Å². The fourth-order valence-electron chi connectivity index (χ4n) is 3.90. The summed E-state index contributed by atoms with van der Waals surface area (Å²) < 4.78 is 0. The van der Waals surface area contributed by atoms with Crippen LogP contribution >= 0.6 is 0 Å². The lowest BCUT2D eigenvalue weighted by molar-refractivity contribution is -0.122. The Labute approximate surface area is 156 Å². The molecule has 6 nitrogen and oxygen atoms in total. The number of carbonyl (C=O) groups is 2. The van der Waals surface area contributed by atoms with Gasteiger partial charge in [0.1, 0.15) is 6.04 Å². The first-order valence-corrected chi connectivity index (χ1v) is 9.53. The van der Waals surface area contributed by atoms with E-state index in [-0.39, 0.29) is 17.9 Å². The second-order valence-corrected chi connectivity index (χ2v) is 7.74. The van der Waals surface area contributed by atoms with Crippen molar-refractivity contribution in [2.45, 2.75) is 45.3 Å². The molecule has 6 heteroatoms. The van der Waals surface area contributed by atoms with Gasteiger partial charge in [-0.05, 0) is 38.1 Å². The molecule has 26 heavy (non-hydrogen) atoms. The van der Waals surface area contributed by atoms with Crippen LogP contribution < -0.4 is 5.32 Å². The highest BCUT2D eigenvalue weighted by molar-refractivity contribution is 5.98. The molecule has 0 aromatic heterocycles. The third kappa shape index (κ3) is 3.56. The minimum absolute atomic E-state index is 0.0218. The largest absolute Gasteiger partial charge is 0.324 e. The normalized spacial score (nSPS) is 24.3. The van der Waals surface area contributed by atoms with Crippen molar-refractivity contribution in [3.63, 3.8) is 0 Å². The zero-order valence-electron chi connectivity index (χ0n) is 16.2. The van der Waals surface area contributed by atoms with E-state index in [4.69, 9.17) is 0 Å². The molecule has 1 fully saturated rings. The molecule has 3 atom stereocenters. The Hall–Kier alpha value is -2.08. The minimum Gasteiger partial charge on any atom is -0.324 e. The van der Waals surface area contributed by atoms with Crippen molar-refractivity contribution >= 4 is 17.6 Å². The fraction of sp³-hybridized carbons (Fsp3) is 0.600. The van der Waals surface area contributed by atoms with Crippen molar-refractivity contribution in [3.05, 3.63) is 29.8 Å². The number of hydrogen-bond acceptors (Lipinski definition) is 3. The fourth-order valence-corrected chi connectivity index (χ4v) is 3.90. The van der Waals surface area contributed by atoms with E-state index in [0.717, 1.165) is 37.2 Å². The lowest BCUT2D eigenvalue weighted by atomic mass is 9.97. The molecule has 0 bridgehead atoms. The average molecular weight is 358 g/mol. The van der Waals surface area contributed by atoms with E-state index in [1.165, 1.54) is 0 Å². The Kier molecular flexibility index (Phi) is 5.51. The molecule has 142 valence electrons. The van der Waals surface area contributed by atoms with Crippen LogP contribution in [0.1, 0.15) is 32.3 Å². The summed E-state index contributed by atoms with van der Waals surface area (Å²) in [5.41, 5.74) is 1.80. The monoisotopic (exact) mass is 358 g/mol. The van der Waals surface area contributed by atoms with Crippen molar-refractivity contribution in [2.75, 3.05) is 32.5 Å². The van der Waals surface area contributed by atoms with Gasteiger partial charge in [0.2, 0.25) is 5.91 Å². The van der Waals surface area contributed by atoms with Crippen LogP contribution in [-0.4, -0.2) is 65.9 Å². The van der Waals surface area contributed by atoms with E-state index in [2.05, 4.69) is 31.2 Å². The summed E-state index contributed by atoms with van der Waals surface area (Å²) in [4.78, 5) is 32.2. The summed E-state index contributed by atoms with van der Waals surface area (Å²) in [6.45, 7) is 6.04. The van der Waals surface area contributed by atoms with Crippen LogP contribution in [0.25, 0.3) is 0 Å². The van der Waals surface area contributed by atoms with Crippen molar-refractivity contribution in [1.82, 2.24) is 14.7 Å². The standard InChI is InChI=1S/C20H30N4O2/c1-5-14(2)18-19(25)21-17-9-7-6-8-15(17)12-24(18)20(26)23-11-10-16(13-23)22(3)4/h6-9,14,16,18H,5,10-13H2,1-4H3,(H,21,25). The van der Waals surface area contributed by atoms with Gasteiger partial charge in [-0.15, -0.1) is 0 Å². The number of benzene rings is 1. The van der Waals surface area contributed by atoms with E-state index in [1.54, 1.807) is 4.90 Å². The third-order valence-corrected chi connectivity index (χ3v) is 5.81. The summed E-state index contributed by atoms with van der Waals surface area (Å²) >= 11 is 0. The van der Waals surface area contributed by atoms with Crippen LogP contribution in [0.4, 0.5) is 10.5 Å². The van der Waals surface area contributed by atoms with Gasteiger partial charge in [-0.3, -0.25) is 4.79 Å². The Morgan fingerprint density at radius 2 is 2.08 bits per heavy atom. The molecule has 2 aliphatic rings. The topological polar surface area (TPSA) is 55.9 Å². The molecule has 0 saturated carbocycles. The summed E-state index contributed by atoms with van der Waals surface area (Å²) in [5, 5.41) is 3.03. The number of fused-ring (bicyclic) bond motifs is 1. The van der Waals surface area contributed by atoms with E-state index in [1.807, 2.05) is 36.1 Å². The van der Waals surface area contributed by atoms with Gasteiger partial charge in [0, 0.05) is 24.8 Å². The molecule has 3 rings (SSSR count). The number of carbonyl (C=O) groups excluding carboxylic acids is 2. The number of rotatable bonds is 3. The zero-order chi connectivity index (χ0) is 18.8. The number of likely N-dealkylation sites (N-methyl/N-ethyl adjacent to an activating group) is 1. The first-order chi connectivity index (χ1) is 12.4. The van der Waals surface area contributed by atoms with Gasteiger partial charge < -0.3 is 20.0 Å². The number of anilines is 1. The van der Waals surface area contributed by atoms with Crippen LogP contribution in [0.3, 0.4) is 0 Å². The van der Waals surface area contributed by atoms with Gasteiger partial charge in [0.05, 0.1) is 6.54 Å². The molecule has 3 unspecified atom stereocenters. The Morgan fingerprint density at radius 1 is 1.35 bits per heavy atom. The molecule has 0 spiro atoms. The molecule has 1 N–H and O–H groups in total. The summed E-state index contributed by atoms with van der Waals surface area (Å²) in [5.74, 6) is 0.0153. The number of para-hydroxylation sites is 1. The van der Waals surface area contributed by atoms with E-state index < -0.39 is 6.04 Å². The van der Waals surface area contributed by atoms with E-state index >= 15 is 0 Å².